The Morgan fingerprint density at radius 3 is 2.65 bits per heavy atom. The Morgan fingerprint density at radius 2 is 2.00 bits per heavy atom. The number of benzene rings is 2. The quantitative estimate of drug-likeness (QED) is 0.913. The van der Waals surface area contributed by atoms with Gasteiger partial charge in [0.15, 0.2) is 0 Å². The first-order valence-corrected chi connectivity index (χ1v) is 6.71. The van der Waals surface area contributed by atoms with Gasteiger partial charge in [-0.3, -0.25) is 4.79 Å². The molecule has 0 unspecified atom stereocenters. The fraction of sp³-hybridized carbons (Fsp3) is 0.133. The lowest BCUT2D eigenvalue weighted by Gasteiger charge is -2.09. The molecule has 0 spiro atoms. The van der Waals surface area contributed by atoms with Crippen LogP contribution in [-0.4, -0.2) is 13.0 Å². The van der Waals surface area contributed by atoms with E-state index in [1.54, 1.807) is 38.3 Å². The normalized spacial score (nSPS) is 10.2. The maximum absolute atomic E-state index is 13.6. The van der Waals surface area contributed by atoms with Crippen molar-refractivity contribution in [2.75, 3.05) is 12.4 Å². The zero-order valence-corrected chi connectivity index (χ0v) is 12.6. The minimum atomic E-state index is -0.541. The Hall–Kier alpha value is -1.88. The zero-order chi connectivity index (χ0) is 14.7. The molecule has 2 aromatic carbocycles. The molecule has 2 rings (SSSR count). The number of amides is 1. The molecule has 2 aromatic rings. The third-order valence-electron chi connectivity index (χ3n) is 2.78. The molecule has 0 heterocycles. The molecule has 5 heteroatoms. The molecule has 0 aliphatic rings. The first-order chi connectivity index (χ1) is 9.51. The lowest BCUT2D eigenvalue weighted by atomic mass is 10.1. The molecule has 0 fully saturated rings. The number of methoxy groups -OCH3 is 1. The Labute approximate surface area is 124 Å². The highest BCUT2D eigenvalue weighted by molar-refractivity contribution is 9.10. The van der Waals surface area contributed by atoms with Crippen molar-refractivity contribution >= 4 is 27.5 Å². The molecule has 0 saturated heterocycles. The van der Waals surface area contributed by atoms with Gasteiger partial charge in [0.25, 0.3) is 5.91 Å². The number of anilines is 1. The van der Waals surface area contributed by atoms with Crippen molar-refractivity contribution in [3.63, 3.8) is 0 Å². The van der Waals surface area contributed by atoms with Gasteiger partial charge in [-0.2, -0.15) is 0 Å². The number of nitrogens with one attached hydrogen (secondary N) is 1. The van der Waals surface area contributed by atoms with E-state index in [4.69, 9.17) is 4.74 Å². The number of carbonyl (C=O) groups excluding carboxylic acids is 1. The summed E-state index contributed by atoms with van der Waals surface area (Å²) in [5.41, 5.74) is 1.41. The monoisotopic (exact) mass is 337 g/mol. The van der Waals surface area contributed by atoms with Crippen LogP contribution in [0.25, 0.3) is 0 Å². The average Bonchev–Trinajstić information content (AvgIpc) is 2.41. The van der Waals surface area contributed by atoms with Crippen LogP contribution < -0.4 is 10.1 Å². The smallest absolute Gasteiger partial charge is 0.258 e. The maximum atomic E-state index is 13.6. The second kappa shape index (κ2) is 6.05. The molecule has 104 valence electrons. The van der Waals surface area contributed by atoms with E-state index in [2.05, 4.69) is 21.2 Å². The SMILES string of the molecule is COc1ccc(NC(=O)c2cc(C)ccc2F)cc1Br. The van der Waals surface area contributed by atoms with Crippen LogP contribution in [0.1, 0.15) is 15.9 Å². The summed E-state index contributed by atoms with van der Waals surface area (Å²) in [6.07, 6.45) is 0. The lowest BCUT2D eigenvalue weighted by molar-refractivity contribution is 0.102. The highest BCUT2D eigenvalue weighted by Gasteiger charge is 2.12. The number of carbonyl (C=O) groups is 1. The molecule has 0 atom stereocenters. The van der Waals surface area contributed by atoms with Crippen LogP contribution in [0.2, 0.25) is 0 Å². The Bertz CT molecular complexity index is 658. The summed E-state index contributed by atoms with van der Waals surface area (Å²) in [7, 11) is 1.56. The van der Waals surface area contributed by atoms with Gasteiger partial charge in [0.05, 0.1) is 17.1 Å². The third kappa shape index (κ3) is 3.17. The molecule has 1 amide bonds. The standard InChI is InChI=1S/C15H13BrFNO2/c1-9-3-5-13(17)11(7-9)15(19)18-10-4-6-14(20-2)12(16)8-10/h3-8H,1-2H3,(H,18,19). The van der Waals surface area contributed by atoms with Gasteiger partial charge in [-0.15, -0.1) is 0 Å². The largest absolute Gasteiger partial charge is 0.496 e. The number of hydrogen-bond acceptors (Lipinski definition) is 2. The molecule has 0 bridgehead atoms. The van der Waals surface area contributed by atoms with Crippen molar-refractivity contribution in [3.05, 3.63) is 57.8 Å². The molecule has 0 radical (unpaired) electrons. The van der Waals surface area contributed by atoms with Crippen molar-refractivity contribution in [1.82, 2.24) is 0 Å². The molecule has 0 saturated carbocycles. The molecule has 1 N–H and O–H groups in total. The van der Waals surface area contributed by atoms with Gasteiger partial charge in [-0.1, -0.05) is 11.6 Å². The summed E-state index contributed by atoms with van der Waals surface area (Å²) < 4.78 is 19.4. The Balaban J connectivity index is 2.23. The Morgan fingerprint density at radius 1 is 1.25 bits per heavy atom. The first-order valence-electron chi connectivity index (χ1n) is 5.92. The van der Waals surface area contributed by atoms with Crippen LogP contribution in [0.4, 0.5) is 10.1 Å². The van der Waals surface area contributed by atoms with Crippen LogP contribution >= 0.6 is 15.9 Å². The molecular weight excluding hydrogens is 325 g/mol. The van der Waals surface area contributed by atoms with Gasteiger partial charge in [0.2, 0.25) is 0 Å². The molecule has 0 aliphatic heterocycles. The van der Waals surface area contributed by atoms with Crippen LogP contribution in [0.3, 0.4) is 0 Å². The van der Waals surface area contributed by atoms with E-state index < -0.39 is 11.7 Å². The highest BCUT2D eigenvalue weighted by atomic mass is 79.9. The summed E-state index contributed by atoms with van der Waals surface area (Å²) in [5, 5.41) is 2.65. The fourth-order valence-electron chi connectivity index (χ4n) is 1.76. The van der Waals surface area contributed by atoms with Gasteiger partial charge in [-0.25, -0.2) is 4.39 Å². The summed E-state index contributed by atoms with van der Waals surface area (Å²) >= 11 is 3.33. The van der Waals surface area contributed by atoms with E-state index >= 15 is 0 Å². The van der Waals surface area contributed by atoms with Gasteiger partial charge < -0.3 is 10.1 Å². The predicted molar refractivity (Wildman–Crippen MR) is 79.8 cm³/mol. The fourth-order valence-corrected chi connectivity index (χ4v) is 2.30. The topological polar surface area (TPSA) is 38.3 Å². The number of aryl methyl sites for hydroxylation is 1. The molecular formula is C15H13BrFNO2. The van der Waals surface area contributed by atoms with Crippen LogP contribution in [-0.2, 0) is 0 Å². The van der Waals surface area contributed by atoms with Crippen molar-refractivity contribution < 1.29 is 13.9 Å². The van der Waals surface area contributed by atoms with E-state index in [1.807, 2.05) is 0 Å². The van der Waals surface area contributed by atoms with E-state index in [0.717, 1.165) is 5.56 Å². The zero-order valence-electron chi connectivity index (χ0n) is 11.0. The number of ether oxygens (including phenoxy) is 1. The predicted octanol–water partition coefficient (Wildman–Crippen LogP) is 4.16. The third-order valence-corrected chi connectivity index (χ3v) is 3.40. The first kappa shape index (κ1) is 14.5. The van der Waals surface area contributed by atoms with Crippen LogP contribution in [0, 0.1) is 12.7 Å². The number of halogens is 2. The second-order valence-corrected chi connectivity index (χ2v) is 5.14. The van der Waals surface area contributed by atoms with E-state index in [1.165, 1.54) is 12.1 Å². The molecule has 0 aliphatic carbocycles. The van der Waals surface area contributed by atoms with Crippen LogP contribution in [0.5, 0.6) is 5.75 Å². The summed E-state index contributed by atoms with van der Waals surface area (Å²) in [5.74, 6) is -0.367. The van der Waals surface area contributed by atoms with E-state index in [-0.39, 0.29) is 5.56 Å². The highest BCUT2D eigenvalue weighted by Crippen LogP contribution is 2.28. The summed E-state index contributed by atoms with van der Waals surface area (Å²) in [4.78, 5) is 12.1. The van der Waals surface area contributed by atoms with Crippen LogP contribution in [0.15, 0.2) is 40.9 Å². The Kier molecular flexibility index (Phi) is 4.39. The van der Waals surface area contributed by atoms with E-state index in [9.17, 15) is 9.18 Å². The van der Waals surface area contributed by atoms with Crippen molar-refractivity contribution in [3.8, 4) is 5.75 Å². The lowest BCUT2D eigenvalue weighted by Crippen LogP contribution is -2.14. The van der Waals surface area contributed by atoms with Crippen molar-refractivity contribution in [2.24, 2.45) is 0 Å². The summed E-state index contributed by atoms with van der Waals surface area (Å²) in [6.45, 7) is 1.81. The summed E-state index contributed by atoms with van der Waals surface area (Å²) in [6, 6.07) is 9.53. The van der Waals surface area contributed by atoms with Gasteiger partial charge >= 0.3 is 0 Å². The molecule has 3 nitrogen and oxygen atoms in total. The molecule has 0 aromatic heterocycles. The van der Waals surface area contributed by atoms with Crippen molar-refractivity contribution in [1.29, 1.82) is 0 Å². The van der Waals surface area contributed by atoms with Gasteiger partial charge in [0, 0.05) is 5.69 Å². The van der Waals surface area contributed by atoms with E-state index in [0.29, 0.717) is 15.9 Å². The minimum Gasteiger partial charge on any atom is -0.496 e. The average molecular weight is 338 g/mol. The maximum Gasteiger partial charge on any atom is 0.258 e. The number of rotatable bonds is 3. The van der Waals surface area contributed by atoms with Gasteiger partial charge in [-0.05, 0) is 53.2 Å². The minimum absolute atomic E-state index is 0.0249. The number of hydrogen-bond donors (Lipinski definition) is 1. The molecule has 20 heavy (non-hydrogen) atoms. The van der Waals surface area contributed by atoms with Crippen molar-refractivity contribution in [2.45, 2.75) is 6.92 Å². The van der Waals surface area contributed by atoms with Gasteiger partial charge in [0.1, 0.15) is 11.6 Å². The second-order valence-electron chi connectivity index (χ2n) is 4.29.